The third kappa shape index (κ3) is 2.94. The van der Waals surface area contributed by atoms with E-state index in [1.165, 1.54) is 0 Å². The van der Waals surface area contributed by atoms with E-state index in [1.807, 2.05) is 24.3 Å². The third-order valence-corrected chi connectivity index (χ3v) is 2.77. The van der Waals surface area contributed by atoms with Crippen LogP contribution in [-0.2, 0) is 11.2 Å². The predicted octanol–water partition coefficient (Wildman–Crippen LogP) is 0.343. The molecule has 16 heavy (non-hydrogen) atoms. The first-order valence-corrected chi connectivity index (χ1v) is 6.25. The van der Waals surface area contributed by atoms with Gasteiger partial charge in [-0.3, -0.25) is 0 Å². The second-order valence-electron chi connectivity index (χ2n) is 3.48. The summed E-state index contributed by atoms with van der Waals surface area (Å²) in [6.45, 7) is 1.05. The zero-order valence-electron chi connectivity index (χ0n) is 8.72. The van der Waals surface area contributed by atoms with Crippen LogP contribution >= 0.6 is 0 Å². The maximum Gasteiger partial charge on any atom is 0.164 e. The number of hydrogen-bond donors (Lipinski definition) is 2. The molecule has 6 heteroatoms. The van der Waals surface area contributed by atoms with E-state index in [2.05, 4.69) is 4.72 Å². The van der Waals surface area contributed by atoms with Crippen molar-refractivity contribution in [3.63, 3.8) is 0 Å². The highest BCUT2D eigenvalue weighted by Crippen LogP contribution is 2.31. The minimum absolute atomic E-state index is 0.0223. The van der Waals surface area contributed by atoms with Crippen LogP contribution in [0.5, 0.6) is 11.5 Å². The van der Waals surface area contributed by atoms with Gasteiger partial charge in [0.1, 0.15) is 12.7 Å². The Labute approximate surface area is 96.6 Å². The van der Waals surface area contributed by atoms with Crippen LogP contribution in [0.3, 0.4) is 0 Å². The van der Waals surface area contributed by atoms with Crippen molar-refractivity contribution in [1.82, 2.24) is 4.72 Å². The first kappa shape index (κ1) is 11.4. The van der Waals surface area contributed by atoms with Crippen LogP contribution in [-0.4, -0.2) is 23.5 Å². The van der Waals surface area contributed by atoms with E-state index in [4.69, 9.17) is 14.6 Å². The van der Waals surface area contributed by atoms with Crippen molar-refractivity contribution in [3.8, 4) is 11.5 Å². The van der Waals surface area contributed by atoms with Crippen LogP contribution in [0.25, 0.3) is 0 Å². The maximum atomic E-state index is 10.6. The number of benzene rings is 1. The van der Waals surface area contributed by atoms with Crippen LogP contribution < -0.4 is 19.3 Å². The van der Waals surface area contributed by atoms with Gasteiger partial charge in [0.05, 0.1) is 0 Å². The van der Waals surface area contributed by atoms with Crippen molar-refractivity contribution in [3.05, 3.63) is 24.3 Å². The fourth-order valence-corrected chi connectivity index (χ4v) is 1.84. The fraction of sp³-hybridized carbons (Fsp3) is 0.400. The lowest BCUT2D eigenvalue weighted by Crippen LogP contribution is -2.34. The van der Waals surface area contributed by atoms with E-state index in [-0.39, 0.29) is 6.10 Å². The molecule has 0 amide bonds. The molecule has 1 aromatic rings. The molecular formula is C10H14N2O3S. The minimum atomic E-state index is -1.46. The summed E-state index contributed by atoms with van der Waals surface area (Å²) in [5.41, 5.74) is 0. The van der Waals surface area contributed by atoms with Gasteiger partial charge in [-0.1, -0.05) is 12.1 Å². The largest absolute Gasteiger partial charge is 0.486 e. The smallest absolute Gasteiger partial charge is 0.164 e. The van der Waals surface area contributed by atoms with E-state index >= 15 is 0 Å². The van der Waals surface area contributed by atoms with E-state index < -0.39 is 11.2 Å². The number of rotatable bonds is 4. The van der Waals surface area contributed by atoms with Crippen LogP contribution in [0.2, 0.25) is 0 Å². The lowest BCUT2D eigenvalue weighted by Gasteiger charge is -2.26. The van der Waals surface area contributed by atoms with Gasteiger partial charge in [0.25, 0.3) is 0 Å². The molecule has 1 aliphatic heterocycles. The molecule has 0 bridgehead atoms. The lowest BCUT2D eigenvalue weighted by molar-refractivity contribution is 0.0860. The zero-order valence-corrected chi connectivity index (χ0v) is 9.53. The van der Waals surface area contributed by atoms with Gasteiger partial charge in [0.2, 0.25) is 0 Å². The van der Waals surface area contributed by atoms with Gasteiger partial charge in [0.15, 0.2) is 22.7 Å². The lowest BCUT2D eigenvalue weighted by atomic mass is 10.2. The summed E-state index contributed by atoms with van der Waals surface area (Å²) in [7, 11) is 0. The second-order valence-corrected chi connectivity index (χ2v) is 4.36. The summed E-state index contributed by atoms with van der Waals surface area (Å²) in [4.78, 5) is 0. The normalized spacial score (nSPS) is 20.4. The number of hydrogen-bond acceptors (Lipinski definition) is 3. The van der Waals surface area contributed by atoms with Crippen LogP contribution in [0.15, 0.2) is 24.3 Å². The third-order valence-electron chi connectivity index (χ3n) is 2.28. The average molecular weight is 242 g/mol. The predicted molar refractivity (Wildman–Crippen MR) is 61.3 cm³/mol. The highest BCUT2D eigenvalue weighted by atomic mass is 32.2. The van der Waals surface area contributed by atoms with Crippen molar-refractivity contribution in [2.45, 2.75) is 12.5 Å². The Morgan fingerprint density at radius 2 is 2.19 bits per heavy atom. The summed E-state index contributed by atoms with van der Waals surface area (Å²) in [5.74, 6) is 1.53. The van der Waals surface area contributed by atoms with Crippen molar-refractivity contribution < 1.29 is 13.7 Å². The Balaban J connectivity index is 1.86. The number of ether oxygens (including phenoxy) is 2. The number of nitrogens with two attached hydrogens (primary N) is 1. The van der Waals surface area contributed by atoms with Crippen LogP contribution in [0.1, 0.15) is 6.42 Å². The van der Waals surface area contributed by atoms with E-state index in [1.54, 1.807) is 0 Å². The van der Waals surface area contributed by atoms with E-state index in [0.717, 1.165) is 11.5 Å². The Morgan fingerprint density at radius 1 is 1.44 bits per heavy atom. The highest BCUT2D eigenvalue weighted by Gasteiger charge is 2.19. The first-order valence-electron chi connectivity index (χ1n) is 5.04. The monoisotopic (exact) mass is 242 g/mol. The Hall–Kier alpha value is -1.11. The standard InChI is InChI=1S/C10H14N2O3S/c11-16(13)12-6-5-8-7-14-9-3-1-2-4-10(9)15-8/h1-4,8,12H,5-7,11H2. The Morgan fingerprint density at radius 3 is 2.94 bits per heavy atom. The molecule has 0 spiro atoms. The first-order chi connectivity index (χ1) is 7.75. The minimum Gasteiger partial charge on any atom is -0.486 e. The summed E-state index contributed by atoms with van der Waals surface area (Å²) in [5, 5.41) is 5.07. The quantitative estimate of drug-likeness (QED) is 0.799. The number of nitrogens with one attached hydrogen (secondary N) is 1. The SMILES string of the molecule is NS(=O)NCCC1COc2ccccc2O1. The summed E-state index contributed by atoms with van der Waals surface area (Å²) in [6, 6.07) is 7.55. The van der Waals surface area contributed by atoms with Gasteiger partial charge in [-0.2, -0.15) is 0 Å². The van der Waals surface area contributed by atoms with Crippen molar-refractivity contribution in [2.75, 3.05) is 13.2 Å². The van der Waals surface area contributed by atoms with Gasteiger partial charge in [-0.25, -0.2) is 14.1 Å². The fourth-order valence-electron chi connectivity index (χ4n) is 1.53. The van der Waals surface area contributed by atoms with Crippen molar-refractivity contribution in [1.29, 1.82) is 0 Å². The summed E-state index contributed by atoms with van der Waals surface area (Å²) >= 11 is -1.46. The molecule has 2 rings (SSSR count). The molecule has 1 aliphatic rings. The molecule has 0 radical (unpaired) electrons. The molecule has 0 fully saturated rings. The molecule has 1 heterocycles. The second kappa shape index (κ2) is 5.29. The molecule has 2 atom stereocenters. The molecule has 1 aromatic carbocycles. The van der Waals surface area contributed by atoms with E-state index in [0.29, 0.717) is 19.6 Å². The highest BCUT2D eigenvalue weighted by molar-refractivity contribution is 7.80. The average Bonchev–Trinajstić information content (AvgIpc) is 2.28. The molecule has 0 aromatic heterocycles. The molecule has 5 nitrogen and oxygen atoms in total. The molecule has 88 valence electrons. The Kier molecular flexibility index (Phi) is 3.76. The van der Waals surface area contributed by atoms with Crippen molar-refractivity contribution in [2.24, 2.45) is 5.14 Å². The topological polar surface area (TPSA) is 73.6 Å². The van der Waals surface area contributed by atoms with Gasteiger partial charge in [-0.15, -0.1) is 0 Å². The number of para-hydroxylation sites is 2. The maximum absolute atomic E-state index is 10.6. The summed E-state index contributed by atoms with van der Waals surface area (Å²) < 4.78 is 24.5. The van der Waals surface area contributed by atoms with E-state index in [9.17, 15) is 4.21 Å². The van der Waals surface area contributed by atoms with Crippen LogP contribution in [0.4, 0.5) is 0 Å². The number of fused-ring (bicyclic) bond motifs is 1. The van der Waals surface area contributed by atoms with Gasteiger partial charge < -0.3 is 9.47 Å². The molecular weight excluding hydrogens is 228 g/mol. The van der Waals surface area contributed by atoms with Gasteiger partial charge in [0, 0.05) is 13.0 Å². The van der Waals surface area contributed by atoms with Gasteiger partial charge in [-0.05, 0) is 12.1 Å². The molecule has 2 unspecified atom stereocenters. The summed E-state index contributed by atoms with van der Waals surface area (Å²) in [6.07, 6.45) is 0.683. The van der Waals surface area contributed by atoms with Crippen LogP contribution in [0, 0.1) is 0 Å². The van der Waals surface area contributed by atoms with Gasteiger partial charge >= 0.3 is 0 Å². The molecule has 0 saturated heterocycles. The zero-order chi connectivity index (χ0) is 11.4. The molecule has 3 N–H and O–H groups in total. The molecule has 0 saturated carbocycles. The molecule has 0 aliphatic carbocycles. The van der Waals surface area contributed by atoms with Crippen molar-refractivity contribution >= 4 is 11.2 Å². The Bertz CT molecular complexity index is 386.